The van der Waals surface area contributed by atoms with Gasteiger partial charge in [-0.1, -0.05) is 30.3 Å². The first-order valence-corrected chi connectivity index (χ1v) is 11.5. The van der Waals surface area contributed by atoms with Gasteiger partial charge < -0.3 is 10.3 Å². The van der Waals surface area contributed by atoms with Gasteiger partial charge in [-0.05, 0) is 73.9 Å². The van der Waals surface area contributed by atoms with Crippen molar-refractivity contribution >= 4 is 17.7 Å². The summed E-state index contributed by atoms with van der Waals surface area (Å²) in [6, 6.07) is 12.2. The van der Waals surface area contributed by atoms with Crippen molar-refractivity contribution in [3.8, 4) is 0 Å². The van der Waals surface area contributed by atoms with Crippen LogP contribution >= 0.6 is 0 Å². The van der Waals surface area contributed by atoms with E-state index in [9.17, 15) is 4.79 Å². The molecule has 168 valence electrons. The van der Waals surface area contributed by atoms with Gasteiger partial charge in [0.15, 0.2) is 0 Å². The summed E-state index contributed by atoms with van der Waals surface area (Å²) >= 11 is 0. The van der Waals surface area contributed by atoms with Crippen molar-refractivity contribution < 1.29 is 4.79 Å². The largest absolute Gasteiger partial charge is 0.359 e. The van der Waals surface area contributed by atoms with E-state index in [4.69, 9.17) is 0 Å². The SMILES string of the molecule is Cc1[nH]c(/C=C2/C(=O)NN=C2c2ccncn2)c(C2CC2)c1CCCNCc1ccccc1. The van der Waals surface area contributed by atoms with Crippen molar-refractivity contribution in [1.82, 2.24) is 25.7 Å². The maximum Gasteiger partial charge on any atom is 0.273 e. The second kappa shape index (κ2) is 9.50. The van der Waals surface area contributed by atoms with Gasteiger partial charge >= 0.3 is 0 Å². The van der Waals surface area contributed by atoms with Crippen LogP contribution in [0.4, 0.5) is 0 Å². The minimum absolute atomic E-state index is 0.204. The quantitative estimate of drug-likeness (QED) is 0.350. The predicted molar refractivity (Wildman–Crippen MR) is 129 cm³/mol. The van der Waals surface area contributed by atoms with Crippen molar-refractivity contribution in [2.75, 3.05) is 6.54 Å². The number of H-pyrrole nitrogens is 1. The molecule has 0 saturated heterocycles. The van der Waals surface area contributed by atoms with Gasteiger partial charge in [-0.15, -0.1) is 0 Å². The van der Waals surface area contributed by atoms with E-state index in [1.54, 1.807) is 12.3 Å². The zero-order valence-electron chi connectivity index (χ0n) is 18.8. The van der Waals surface area contributed by atoms with Gasteiger partial charge in [-0.3, -0.25) is 4.79 Å². The number of aromatic nitrogens is 3. The fourth-order valence-electron chi connectivity index (χ4n) is 4.44. The summed E-state index contributed by atoms with van der Waals surface area (Å²) < 4.78 is 0. The van der Waals surface area contributed by atoms with Gasteiger partial charge in [0, 0.05) is 24.1 Å². The molecule has 3 aromatic rings. The molecule has 0 atom stereocenters. The highest BCUT2D eigenvalue weighted by atomic mass is 16.2. The summed E-state index contributed by atoms with van der Waals surface area (Å²) in [5.41, 5.74) is 10.6. The number of hydrazone groups is 1. The average Bonchev–Trinajstić information content (AvgIpc) is 3.55. The molecule has 3 heterocycles. The van der Waals surface area contributed by atoms with Crippen molar-refractivity contribution in [1.29, 1.82) is 0 Å². The summed E-state index contributed by atoms with van der Waals surface area (Å²) in [5, 5.41) is 7.76. The maximum atomic E-state index is 12.6. The number of carbonyl (C=O) groups is 1. The predicted octanol–water partition coefficient (Wildman–Crippen LogP) is 3.63. The van der Waals surface area contributed by atoms with E-state index in [2.05, 4.69) is 62.0 Å². The topological polar surface area (TPSA) is 95.1 Å². The number of benzene rings is 1. The number of nitrogens with one attached hydrogen (secondary N) is 3. The molecule has 7 heteroatoms. The highest BCUT2D eigenvalue weighted by Crippen LogP contribution is 2.45. The summed E-state index contributed by atoms with van der Waals surface area (Å²) in [6.07, 6.45) is 9.55. The Balaban J connectivity index is 1.32. The number of nitrogens with zero attached hydrogens (tertiary/aromatic N) is 3. The Morgan fingerprint density at radius 3 is 2.79 bits per heavy atom. The van der Waals surface area contributed by atoms with Crippen LogP contribution in [-0.2, 0) is 17.8 Å². The van der Waals surface area contributed by atoms with Crippen molar-refractivity contribution in [3.63, 3.8) is 0 Å². The van der Waals surface area contributed by atoms with Crippen LogP contribution in [0.15, 0.2) is 59.6 Å². The molecular weight excluding hydrogens is 412 g/mol. The molecule has 2 aliphatic rings. The average molecular weight is 441 g/mol. The van der Waals surface area contributed by atoms with Crippen LogP contribution < -0.4 is 10.7 Å². The van der Waals surface area contributed by atoms with Crippen LogP contribution in [-0.4, -0.2) is 33.1 Å². The van der Waals surface area contributed by atoms with Crippen molar-refractivity contribution in [2.24, 2.45) is 5.10 Å². The molecule has 1 aromatic carbocycles. The van der Waals surface area contributed by atoms with Crippen LogP contribution in [0.5, 0.6) is 0 Å². The maximum absolute atomic E-state index is 12.6. The molecule has 3 N–H and O–H groups in total. The number of carbonyl (C=O) groups excluding carboxylic acids is 1. The lowest BCUT2D eigenvalue weighted by Gasteiger charge is -2.08. The third-order valence-corrected chi connectivity index (χ3v) is 6.21. The Kier molecular flexibility index (Phi) is 6.13. The molecule has 2 aromatic heterocycles. The smallest absolute Gasteiger partial charge is 0.273 e. The Morgan fingerprint density at radius 2 is 2.03 bits per heavy atom. The molecule has 33 heavy (non-hydrogen) atoms. The molecule has 5 rings (SSSR count). The molecule has 1 aliphatic carbocycles. The molecule has 7 nitrogen and oxygen atoms in total. The van der Waals surface area contributed by atoms with Crippen LogP contribution in [0.2, 0.25) is 0 Å². The first-order valence-electron chi connectivity index (χ1n) is 11.5. The standard InChI is InChI=1S/C26H28N6O/c1-17-20(8-5-12-27-15-18-6-3-2-4-7-18)24(19-9-10-19)23(30-17)14-21-25(31-32-26(21)33)22-11-13-28-16-29-22/h2-4,6-7,11,13-14,16,19,27,30H,5,8-10,12,15H2,1H3,(H,32,33)/b21-14+. The number of hydrogen-bond acceptors (Lipinski definition) is 5. The van der Waals surface area contributed by atoms with Gasteiger partial charge in [0.05, 0.1) is 11.3 Å². The van der Waals surface area contributed by atoms with E-state index in [1.807, 2.05) is 12.1 Å². The van der Waals surface area contributed by atoms with Crippen LogP contribution in [0.3, 0.4) is 0 Å². The number of rotatable bonds is 9. The first-order chi connectivity index (χ1) is 16.2. The van der Waals surface area contributed by atoms with Crippen LogP contribution in [0.1, 0.15) is 59.0 Å². The molecule has 1 aliphatic heterocycles. The summed E-state index contributed by atoms with van der Waals surface area (Å²) in [6.45, 7) is 3.99. The van der Waals surface area contributed by atoms with Gasteiger partial charge in [0.25, 0.3) is 5.91 Å². The lowest BCUT2D eigenvalue weighted by atomic mass is 9.98. The highest BCUT2D eigenvalue weighted by Gasteiger charge is 2.32. The molecule has 0 spiro atoms. The van der Waals surface area contributed by atoms with Crippen molar-refractivity contribution in [2.45, 2.75) is 45.1 Å². The fourth-order valence-corrected chi connectivity index (χ4v) is 4.44. The number of aromatic amines is 1. The van der Waals surface area contributed by atoms with E-state index < -0.39 is 0 Å². The van der Waals surface area contributed by atoms with Gasteiger partial charge in [-0.25, -0.2) is 15.4 Å². The molecule has 0 unspecified atom stereocenters. The van der Waals surface area contributed by atoms with Crippen molar-refractivity contribution in [3.05, 3.63) is 88.3 Å². The molecule has 0 radical (unpaired) electrons. The normalized spacial score (nSPS) is 16.8. The third kappa shape index (κ3) is 4.78. The van der Waals surface area contributed by atoms with Gasteiger partial charge in [0.1, 0.15) is 12.0 Å². The summed E-state index contributed by atoms with van der Waals surface area (Å²) in [7, 11) is 0. The molecule has 1 saturated carbocycles. The van der Waals surface area contributed by atoms with E-state index in [0.29, 0.717) is 22.9 Å². The minimum atomic E-state index is -0.204. The third-order valence-electron chi connectivity index (χ3n) is 6.21. The fraction of sp³-hybridized carbons (Fsp3) is 0.308. The van der Waals surface area contributed by atoms with E-state index >= 15 is 0 Å². The van der Waals surface area contributed by atoms with Gasteiger partial charge in [-0.2, -0.15) is 5.10 Å². The molecular formula is C26H28N6O. The van der Waals surface area contributed by atoms with E-state index in [-0.39, 0.29) is 5.91 Å². The summed E-state index contributed by atoms with van der Waals surface area (Å²) in [4.78, 5) is 24.3. The molecule has 1 fully saturated rings. The molecule has 1 amide bonds. The Labute approximate surface area is 193 Å². The lowest BCUT2D eigenvalue weighted by Crippen LogP contribution is -2.15. The second-order valence-corrected chi connectivity index (χ2v) is 8.65. The monoisotopic (exact) mass is 440 g/mol. The Morgan fingerprint density at radius 1 is 1.18 bits per heavy atom. The second-order valence-electron chi connectivity index (χ2n) is 8.65. The van der Waals surface area contributed by atoms with Gasteiger partial charge in [0.2, 0.25) is 0 Å². The zero-order chi connectivity index (χ0) is 22.6. The minimum Gasteiger partial charge on any atom is -0.359 e. The van der Waals surface area contributed by atoms with Crippen LogP contribution in [0, 0.1) is 6.92 Å². The lowest BCUT2D eigenvalue weighted by molar-refractivity contribution is -0.116. The zero-order valence-corrected chi connectivity index (χ0v) is 18.8. The van der Waals surface area contributed by atoms with E-state index in [1.165, 1.54) is 41.6 Å². The number of amides is 1. The van der Waals surface area contributed by atoms with Crippen LogP contribution in [0.25, 0.3) is 6.08 Å². The first kappa shape index (κ1) is 21.3. The van der Waals surface area contributed by atoms with E-state index in [0.717, 1.165) is 31.6 Å². The molecule has 0 bridgehead atoms. The Hall–Kier alpha value is -3.58. The summed E-state index contributed by atoms with van der Waals surface area (Å²) in [5.74, 6) is 0.363. The number of aryl methyl sites for hydroxylation is 1. The number of hydrogen-bond donors (Lipinski definition) is 3. The highest BCUT2D eigenvalue weighted by molar-refractivity contribution is 6.32. The Bertz CT molecular complexity index is 1190.